The van der Waals surface area contributed by atoms with Crippen molar-refractivity contribution in [2.75, 3.05) is 6.54 Å². The fourth-order valence-corrected chi connectivity index (χ4v) is 3.74. The molecule has 3 heterocycles. The van der Waals surface area contributed by atoms with Crippen LogP contribution in [0.4, 0.5) is 0 Å². The van der Waals surface area contributed by atoms with Gasteiger partial charge in [0.25, 0.3) is 0 Å². The Labute approximate surface area is 158 Å². The molecule has 27 heavy (non-hydrogen) atoms. The summed E-state index contributed by atoms with van der Waals surface area (Å²) in [6.07, 6.45) is 7.07. The summed E-state index contributed by atoms with van der Waals surface area (Å²) in [4.78, 5) is 35.7. The first-order chi connectivity index (χ1) is 13.1. The second-order valence-electron chi connectivity index (χ2n) is 7.39. The Kier molecular flexibility index (Phi) is 4.92. The highest BCUT2D eigenvalue weighted by atomic mass is 16.2. The molecule has 2 aliphatic rings. The normalized spacial score (nSPS) is 19.3. The van der Waals surface area contributed by atoms with Crippen molar-refractivity contribution in [3.63, 3.8) is 0 Å². The van der Waals surface area contributed by atoms with E-state index in [1.54, 1.807) is 6.20 Å². The van der Waals surface area contributed by atoms with Crippen LogP contribution in [0.2, 0.25) is 0 Å². The Morgan fingerprint density at radius 3 is 2.78 bits per heavy atom. The summed E-state index contributed by atoms with van der Waals surface area (Å²) in [6, 6.07) is 5.58. The fraction of sp³-hybridized carbons (Fsp3) is 0.500. The molecule has 0 aromatic carbocycles. The van der Waals surface area contributed by atoms with Crippen molar-refractivity contribution in [1.29, 1.82) is 0 Å². The molecule has 0 radical (unpaired) electrons. The maximum Gasteiger partial charge on any atom is 0.226 e. The second-order valence-corrected chi connectivity index (χ2v) is 7.39. The highest BCUT2D eigenvalue weighted by Gasteiger charge is 2.35. The Bertz CT molecular complexity index is 828. The lowest BCUT2D eigenvalue weighted by molar-refractivity contribution is -0.141. The predicted octanol–water partition coefficient (Wildman–Crippen LogP) is 1.84. The minimum atomic E-state index is -0.0776. The number of hydrogen-bond acceptors (Lipinski definition) is 4. The van der Waals surface area contributed by atoms with Crippen molar-refractivity contribution in [3.8, 4) is 0 Å². The summed E-state index contributed by atoms with van der Waals surface area (Å²) < 4.78 is 2.08. The third-order valence-electron chi connectivity index (χ3n) is 5.55. The third-order valence-corrected chi connectivity index (χ3v) is 5.55. The maximum atomic E-state index is 12.6. The van der Waals surface area contributed by atoms with Crippen LogP contribution < -0.4 is 5.32 Å². The molecule has 1 aliphatic carbocycles. The zero-order valence-electron chi connectivity index (χ0n) is 15.6. The van der Waals surface area contributed by atoms with E-state index in [1.165, 1.54) is 0 Å². The van der Waals surface area contributed by atoms with Crippen LogP contribution in [0.5, 0.6) is 0 Å². The quantitative estimate of drug-likeness (QED) is 0.874. The van der Waals surface area contributed by atoms with Crippen LogP contribution in [0, 0.1) is 5.92 Å². The van der Waals surface area contributed by atoms with Crippen LogP contribution >= 0.6 is 0 Å². The number of hydrogen-bond donors (Lipinski definition) is 1. The Morgan fingerprint density at radius 2 is 2.07 bits per heavy atom. The lowest BCUT2D eigenvalue weighted by Gasteiger charge is -2.38. The first kappa shape index (κ1) is 17.7. The number of rotatable bonds is 5. The smallest absolute Gasteiger partial charge is 0.226 e. The number of fused-ring (bicyclic) bond motifs is 1. The average molecular weight is 367 g/mol. The van der Waals surface area contributed by atoms with Crippen LogP contribution in [-0.4, -0.2) is 37.8 Å². The molecule has 7 nitrogen and oxygen atoms in total. The van der Waals surface area contributed by atoms with Crippen LogP contribution in [0.15, 0.2) is 30.6 Å². The molecule has 0 saturated heterocycles. The average Bonchev–Trinajstić information content (AvgIpc) is 3.03. The van der Waals surface area contributed by atoms with E-state index in [-0.39, 0.29) is 30.2 Å². The van der Waals surface area contributed by atoms with Crippen molar-refractivity contribution in [2.45, 2.75) is 51.7 Å². The van der Waals surface area contributed by atoms with E-state index in [4.69, 9.17) is 0 Å². The zero-order valence-corrected chi connectivity index (χ0v) is 15.6. The van der Waals surface area contributed by atoms with Gasteiger partial charge in [0, 0.05) is 31.4 Å². The molecule has 0 bridgehead atoms. The van der Waals surface area contributed by atoms with Gasteiger partial charge in [0.05, 0.1) is 30.4 Å². The number of nitrogens with one attached hydrogen (secondary N) is 1. The van der Waals surface area contributed by atoms with Gasteiger partial charge in [-0.2, -0.15) is 0 Å². The number of carbonyl (C=O) groups excluding carboxylic acids is 2. The van der Waals surface area contributed by atoms with Gasteiger partial charge >= 0.3 is 0 Å². The molecule has 1 N–H and O–H groups in total. The van der Waals surface area contributed by atoms with Crippen LogP contribution in [0.3, 0.4) is 0 Å². The number of aromatic nitrogens is 3. The molecular weight excluding hydrogens is 342 g/mol. The predicted molar refractivity (Wildman–Crippen MR) is 99.5 cm³/mol. The molecule has 4 rings (SSSR count). The highest BCUT2D eigenvalue weighted by Crippen LogP contribution is 2.33. The summed E-state index contributed by atoms with van der Waals surface area (Å²) >= 11 is 0. The van der Waals surface area contributed by atoms with Gasteiger partial charge in [0.15, 0.2) is 0 Å². The Morgan fingerprint density at radius 1 is 1.22 bits per heavy atom. The highest BCUT2D eigenvalue weighted by molar-refractivity contribution is 5.80. The molecule has 1 fully saturated rings. The van der Waals surface area contributed by atoms with Gasteiger partial charge < -0.3 is 14.8 Å². The Hall–Kier alpha value is -2.70. The van der Waals surface area contributed by atoms with Crippen LogP contribution in [0.25, 0.3) is 0 Å². The van der Waals surface area contributed by atoms with Crippen molar-refractivity contribution >= 4 is 11.8 Å². The van der Waals surface area contributed by atoms with Crippen molar-refractivity contribution in [2.24, 2.45) is 5.92 Å². The van der Waals surface area contributed by atoms with E-state index in [9.17, 15) is 9.59 Å². The minimum Gasteiger partial charge on any atom is -0.350 e. The van der Waals surface area contributed by atoms with Gasteiger partial charge in [0.1, 0.15) is 5.82 Å². The SMILES string of the molecule is C[C@@H]1c2nc(CC(=O)NCc3ccccn3)cn2CCN1C(=O)C1CCC1. The topological polar surface area (TPSA) is 80.1 Å². The largest absolute Gasteiger partial charge is 0.350 e. The van der Waals surface area contributed by atoms with E-state index in [0.29, 0.717) is 13.1 Å². The van der Waals surface area contributed by atoms with E-state index in [0.717, 1.165) is 43.0 Å². The molecule has 2 amide bonds. The summed E-state index contributed by atoms with van der Waals surface area (Å²) in [5.74, 6) is 1.26. The van der Waals surface area contributed by atoms with E-state index >= 15 is 0 Å². The minimum absolute atomic E-state index is 0.0443. The number of nitrogens with zero attached hydrogens (tertiary/aromatic N) is 4. The molecule has 1 saturated carbocycles. The van der Waals surface area contributed by atoms with Gasteiger partial charge in [-0.3, -0.25) is 14.6 Å². The van der Waals surface area contributed by atoms with E-state index in [2.05, 4.69) is 19.9 Å². The fourth-order valence-electron chi connectivity index (χ4n) is 3.74. The molecule has 142 valence electrons. The summed E-state index contributed by atoms with van der Waals surface area (Å²) in [5, 5.41) is 2.88. The number of carbonyl (C=O) groups is 2. The summed E-state index contributed by atoms with van der Waals surface area (Å²) in [6.45, 7) is 3.89. The molecular formula is C20H25N5O2. The van der Waals surface area contributed by atoms with Crippen molar-refractivity contribution in [3.05, 3.63) is 47.8 Å². The van der Waals surface area contributed by atoms with E-state index in [1.807, 2.05) is 36.2 Å². The molecule has 7 heteroatoms. The lowest BCUT2D eigenvalue weighted by atomic mass is 9.84. The Balaban J connectivity index is 1.37. The van der Waals surface area contributed by atoms with Gasteiger partial charge in [-0.1, -0.05) is 12.5 Å². The van der Waals surface area contributed by atoms with Crippen LogP contribution in [0.1, 0.15) is 49.4 Å². The molecule has 0 unspecified atom stereocenters. The molecule has 1 aliphatic heterocycles. The van der Waals surface area contributed by atoms with Crippen molar-refractivity contribution in [1.82, 2.24) is 24.8 Å². The molecule has 2 aromatic heterocycles. The van der Waals surface area contributed by atoms with Gasteiger partial charge in [0.2, 0.25) is 11.8 Å². The van der Waals surface area contributed by atoms with Gasteiger partial charge in [-0.15, -0.1) is 0 Å². The van der Waals surface area contributed by atoms with Crippen LogP contribution in [-0.2, 0) is 29.1 Å². The first-order valence-corrected chi connectivity index (χ1v) is 9.65. The monoisotopic (exact) mass is 367 g/mol. The molecule has 1 atom stereocenters. The molecule has 2 aromatic rings. The number of imidazole rings is 1. The third kappa shape index (κ3) is 3.72. The van der Waals surface area contributed by atoms with Crippen molar-refractivity contribution < 1.29 is 9.59 Å². The lowest BCUT2D eigenvalue weighted by Crippen LogP contribution is -2.45. The summed E-state index contributed by atoms with van der Waals surface area (Å²) in [5.41, 5.74) is 1.57. The maximum absolute atomic E-state index is 12.6. The summed E-state index contributed by atoms with van der Waals surface area (Å²) in [7, 11) is 0. The van der Waals surface area contributed by atoms with Gasteiger partial charge in [-0.05, 0) is 31.9 Å². The number of amides is 2. The number of pyridine rings is 1. The molecule has 0 spiro atoms. The van der Waals surface area contributed by atoms with Gasteiger partial charge in [-0.25, -0.2) is 4.98 Å². The first-order valence-electron chi connectivity index (χ1n) is 9.65. The van der Waals surface area contributed by atoms with E-state index < -0.39 is 0 Å². The standard InChI is InChI=1S/C20H25N5O2/c1-14-19-23-17(11-18(26)22-12-16-7-2-3-8-21-16)13-24(19)9-10-25(14)20(27)15-5-4-6-15/h2-3,7-8,13-15H,4-6,9-12H2,1H3,(H,22,26)/t14-/m1/s1. The zero-order chi connectivity index (χ0) is 18.8. The second kappa shape index (κ2) is 7.50.